The van der Waals surface area contributed by atoms with Gasteiger partial charge in [-0.1, -0.05) is 42.8 Å². The fraction of sp³-hybridized carbons (Fsp3) is 0.200. The van der Waals surface area contributed by atoms with Crippen molar-refractivity contribution >= 4 is 23.2 Å². The van der Waals surface area contributed by atoms with Crippen LogP contribution in [0, 0.1) is 0 Å². The molecule has 0 atom stereocenters. The highest BCUT2D eigenvalue weighted by Crippen LogP contribution is 2.18. The van der Waals surface area contributed by atoms with E-state index in [2.05, 4.69) is 4.98 Å². The molecule has 0 aliphatic carbocycles. The fourth-order valence-corrected chi connectivity index (χ4v) is 1.92. The number of pyridine rings is 1. The van der Waals surface area contributed by atoms with Crippen molar-refractivity contribution in [1.29, 1.82) is 0 Å². The lowest BCUT2D eigenvalue weighted by Crippen LogP contribution is -2.29. The Bertz CT molecular complexity index is 540. The maximum absolute atomic E-state index is 12.1. The molecule has 2 rings (SSSR count). The zero-order valence-corrected chi connectivity index (χ0v) is 11.5. The summed E-state index contributed by atoms with van der Waals surface area (Å²) < 4.78 is 0. The van der Waals surface area contributed by atoms with Gasteiger partial charge in [-0.15, -0.1) is 0 Å². The Morgan fingerprint density at radius 2 is 1.95 bits per heavy atom. The van der Waals surface area contributed by atoms with E-state index in [4.69, 9.17) is 11.6 Å². The molecule has 0 aliphatic rings. The molecule has 98 valence electrons. The van der Waals surface area contributed by atoms with Crippen molar-refractivity contribution < 1.29 is 4.79 Å². The quantitative estimate of drug-likeness (QED) is 0.797. The van der Waals surface area contributed by atoms with Gasteiger partial charge in [0, 0.05) is 18.3 Å². The van der Waals surface area contributed by atoms with E-state index in [1.807, 2.05) is 43.3 Å². The van der Waals surface area contributed by atoms with Gasteiger partial charge in [0.1, 0.15) is 5.15 Å². The lowest BCUT2D eigenvalue weighted by Gasteiger charge is -2.22. The first-order chi connectivity index (χ1) is 9.20. The number of rotatable bonds is 4. The molecule has 0 radical (unpaired) electrons. The third-order valence-corrected chi connectivity index (χ3v) is 3.02. The molecule has 0 bridgehead atoms. The number of carbonyl (C=O) groups is 1. The molecule has 19 heavy (non-hydrogen) atoms. The number of anilines is 1. The highest BCUT2D eigenvalue weighted by molar-refractivity contribution is 6.29. The molecule has 0 saturated heterocycles. The number of halogens is 1. The van der Waals surface area contributed by atoms with Gasteiger partial charge >= 0.3 is 0 Å². The van der Waals surface area contributed by atoms with Crippen LogP contribution in [0.4, 0.5) is 5.69 Å². The molecule has 1 amide bonds. The lowest BCUT2D eigenvalue weighted by atomic mass is 10.2. The standard InChI is InChI=1S/C15H15ClN2O/c1-2-15(19)18(13-6-4-3-5-7-13)11-12-8-9-14(16)17-10-12/h3-10H,2,11H2,1H3. The smallest absolute Gasteiger partial charge is 0.227 e. The summed E-state index contributed by atoms with van der Waals surface area (Å²) in [7, 11) is 0. The zero-order chi connectivity index (χ0) is 13.7. The molecule has 4 heteroatoms. The highest BCUT2D eigenvalue weighted by Gasteiger charge is 2.14. The molecule has 0 fully saturated rings. The number of para-hydroxylation sites is 1. The number of nitrogens with zero attached hydrogens (tertiary/aromatic N) is 2. The minimum atomic E-state index is 0.0844. The summed E-state index contributed by atoms with van der Waals surface area (Å²) in [6, 6.07) is 13.2. The molecule has 3 nitrogen and oxygen atoms in total. The molecule has 0 spiro atoms. The maximum atomic E-state index is 12.1. The number of aromatic nitrogens is 1. The van der Waals surface area contributed by atoms with Crippen LogP contribution in [0.15, 0.2) is 48.7 Å². The Balaban J connectivity index is 2.24. The molecule has 0 unspecified atom stereocenters. The van der Waals surface area contributed by atoms with Crippen LogP contribution in [0.5, 0.6) is 0 Å². The van der Waals surface area contributed by atoms with Gasteiger partial charge in [0.05, 0.1) is 6.54 Å². The van der Waals surface area contributed by atoms with Crippen LogP contribution < -0.4 is 4.90 Å². The first kappa shape index (κ1) is 13.6. The van der Waals surface area contributed by atoms with Gasteiger partial charge in [0.2, 0.25) is 5.91 Å². The fourth-order valence-electron chi connectivity index (χ4n) is 1.80. The van der Waals surface area contributed by atoms with E-state index >= 15 is 0 Å². The van der Waals surface area contributed by atoms with Crippen LogP contribution in [0.3, 0.4) is 0 Å². The number of hydrogen-bond acceptors (Lipinski definition) is 2. The normalized spacial score (nSPS) is 10.2. The van der Waals surface area contributed by atoms with Crippen molar-refractivity contribution in [1.82, 2.24) is 4.98 Å². The number of hydrogen-bond donors (Lipinski definition) is 0. The summed E-state index contributed by atoms with van der Waals surface area (Å²) in [6.07, 6.45) is 2.16. The summed E-state index contributed by atoms with van der Waals surface area (Å²) >= 11 is 5.76. The summed E-state index contributed by atoms with van der Waals surface area (Å²) in [6.45, 7) is 2.36. The van der Waals surface area contributed by atoms with Crippen LogP contribution in [-0.2, 0) is 11.3 Å². The highest BCUT2D eigenvalue weighted by atomic mass is 35.5. The van der Waals surface area contributed by atoms with Crippen molar-refractivity contribution in [2.75, 3.05) is 4.90 Å². The van der Waals surface area contributed by atoms with Crippen LogP contribution in [0.1, 0.15) is 18.9 Å². The molecule has 1 aromatic carbocycles. The molecule has 0 N–H and O–H groups in total. The molecule has 0 aliphatic heterocycles. The van der Waals surface area contributed by atoms with E-state index in [0.29, 0.717) is 18.1 Å². The van der Waals surface area contributed by atoms with Gasteiger partial charge < -0.3 is 4.90 Å². The second kappa shape index (κ2) is 6.34. The SMILES string of the molecule is CCC(=O)N(Cc1ccc(Cl)nc1)c1ccccc1. The minimum Gasteiger partial charge on any atom is -0.308 e. The van der Waals surface area contributed by atoms with E-state index in [0.717, 1.165) is 11.3 Å². The van der Waals surface area contributed by atoms with Gasteiger partial charge in [-0.25, -0.2) is 4.98 Å². The van der Waals surface area contributed by atoms with Crippen molar-refractivity contribution in [2.45, 2.75) is 19.9 Å². The van der Waals surface area contributed by atoms with Gasteiger partial charge in [0.15, 0.2) is 0 Å². The predicted molar refractivity (Wildman–Crippen MR) is 77.2 cm³/mol. The van der Waals surface area contributed by atoms with Crippen molar-refractivity contribution in [3.8, 4) is 0 Å². The first-order valence-corrected chi connectivity index (χ1v) is 6.54. The molecule has 2 aromatic rings. The van der Waals surface area contributed by atoms with Gasteiger partial charge in [0.25, 0.3) is 0 Å². The summed E-state index contributed by atoms with van der Waals surface area (Å²) in [5.74, 6) is 0.0844. The molecular weight excluding hydrogens is 260 g/mol. The lowest BCUT2D eigenvalue weighted by molar-refractivity contribution is -0.118. The second-order valence-corrected chi connectivity index (χ2v) is 4.55. The predicted octanol–water partition coefficient (Wildman–Crippen LogP) is 3.68. The molecule has 1 heterocycles. The third-order valence-electron chi connectivity index (χ3n) is 2.80. The largest absolute Gasteiger partial charge is 0.308 e. The third kappa shape index (κ3) is 3.55. The minimum absolute atomic E-state index is 0.0844. The van der Waals surface area contributed by atoms with E-state index in [1.54, 1.807) is 17.2 Å². The van der Waals surface area contributed by atoms with E-state index in [-0.39, 0.29) is 5.91 Å². The van der Waals surface area contributed by atoms with Crippen LogP contribution in [0.2, 0.25) is 5.15 Å². The average Bonchev–Trinajstić information content (AvgIpc) is 2.47. The molecular formula is C15H15ClN2O. The van der Waals surface area contributed by atoms with Crippen molar-refractivity contribution in [3.63, 3.8) is 0 Å². The summed E-state index contributed by atoms with van der Waals surface area (Å²) in [5.41, 5.74) is 1.85. The molecule has 0 saturated carbocycles. The van der Waals surface area contributed by atoms with E-state index in [1.165, 1.54) is 0 Å². The first-order valence-electron chi connectivity index (χ1n) is 6.16. The van der Waals surface area contributed by atoms with Crippen LogP contribution >= 0.6 is 11.6 Å². The number of amides is 1. The number of carbonyl (C=O) groups excluding carboxylic acids is 1. The van der Waals surface area contributed by atoms with Gasteiger partial charge in [-0.05, 0) is 23.8 Å². The maximum Gasteiger partial charge on any atom is 0.227 e. The Morgan fingerprint density at radius 1 is 1.21 bits per heavy atom. The number of benzene rings is 1. The average molecular weight is 275 g/mol. The Labute approximate surface area is 117 Å². The summed E-state index contributed by atoms with van der Waals surface area (Å²) in [4.78, 5) is 17.9. The van der Waals surface area contributed by atoms with Gasteiger partial charge in [-0.2, -0.15) is 0 Å². The van der Waals surface area contributed by atoms with E-state index < -0.39 is 0 Å². The summed E-state index contributed by atoms with van der Waals surface area (Å²) in [5, 5.41) is 0.455. The van der Waals surface area contributed by atoms with Crippen LogP contribution in [0.25, 0.3) is 0 Å². The van der Waals surface area contributed by atoms with E-state index in [9.17, 15) is 4.79 Å². The Hall–Kier alpha value is -1.87. The Morgan fingerprint density at radius 3 is 2.53 bits per heavy atom. The van der Waals surface area contributed by atoms with Crippen LogP contribution in [-0.4, -0.2) is 10.9 Å². The topological polar surface area (TPSA) is 33.2 Å². The van der Waals surface area contributed by atoms with Crippen molar-refractivity contribution in [3.05, 3.63) is 59.4 Å². The molecule has 1 aromatic heterocycles. The second-order valence-electron chi connectivity index (χ2n) is 4.16. The Kier molecular flexibility index (Phi) is 4.53. The van der Waals surface area contributed by atoms with Crippen molar-refractivity contribution in [2.24, 2.45) is 0 Å². The van der Waals surface area contributed by atoms with Gasteiger partial charge in [-0.3, -0.25) is 4.79 Å². The zero-order valence-electron chi connectivity index (χ0n) is 10.7. The monoisotopic (exact) mass is 274 g/mol.